The molecule has 0 bridgehead atoms. The first kappa shape index (κ1) is 10.7. The maximum atomic E-state index is 9.25. The molecule has 0 radical (unpaired) electrons. The highest BCUT2D eigenvalue weighted by Crippen LogP contribution is 2.35. The van der Waals surface area contributed by atoms with Crippen molar-refractivity contribution in [2.24, 2.45) is 0 Å². The zero-order chi connectivity index (χ0) is 11.0. The van der Waals surface area contributed by atoms with Gasteiger partial charge < -0.3 is 10.2 Å². The van der Waals surface area contributed by atoms with Gasteiger partial charge >= 0.3 is 0 Å². The van der Waals surface area contributed by atoms with Crippen molar-refractivity contribution < 1.29 is 10.2 Å². The zero-order valence-corrected chi connectivity index (χ0v) is 9.33. The lowest BCUT2D eigenvalue weighted by Crippen LogP contribution is -2.12. The molecule has 1 unspecified atom stereocenters. The van der Waals surface area contributed by atoms with Crippen LogP contribution in [0.4, 0.5) is 0 Å². The fourth-order valence-electron chi connectivity index (χ4n) is 2.73. The highest BCUT2D eigenvalue weighted by molar-refractivity contribution is 5.44. The van der Waals surface area contributed by atoms with Gasteiger partial charge in [-0.2, -0.15) is 0 Å². The summed E-state index contributed by atoms with van der Waals surface area (Å²) >= 11 is 0. The van der Waals surface area contributed by atoms with Gasteiger partial charge in [0.25, 0.3) is 0 Å². The quantitative estimate of drug-likeness (QED) is 0.693. The van der Waals surface area contributed by atoms with E-state index in [2.05, 4.69) is 6.92 Å². The van der Waals surface area contributed by atoms with E-state index in [1.54, 1.807) is 0 Å². The van der Waals surface area contributed by atoms with Crippen molar-refractivity contribution in [3.05, 3.63) is 34.4 Å². The highest BCUT2D eigenvalue weighted by Gasteiger charge is 2.21. The SMILES string of the molecule is Cc1c(C(O)O)ccc2c1C(C)CCC2. The van der Waals surface area contributed by atoms with Crippen molar-refractivity contribution in [1.29, 1.82) is 0 Å². The summed E-state index contributed by atoms with van der Waals surface area (Å²) in [4.78, 5) is 0. The van der Waals surface area contributed by atoms with Crippen LogP contribution in [-0.4, -0.2) is 10.2 Å². The van der Waals surface area contributed by atoms with Crippen LogP contribution in [0.2, 0.25) is 0 Å². The van der Waals surface area contributed by atoms with Gasteiger partial charge in [-0.05, 0) is 48.8 Å². The number of hydrogen-bond donors (Lipinski definition) is 2. The van der Waals surface area contributed by atoms with E-state index in [-0.39, 0.29) is 0 Å². The number of rotatable bonds is 1. The van der Waals surface area contributed by atoms with Crippen LogP contribution >= 0.6 is 0 Å². The van der Waals surface area contributed by atoms with Crippen molar-refractivity contribution in [3.8, 4) is 0 Å². The van der Waals surface area contributed by atoms with Gasteiger partial charge in [-0.3, -0.25) is 0 Å². The van der Waals surface area contributed by atoms with Crippen molar-refractivity contribution in [2.75, 3.05) is 0 Å². The maximum absolute atomic E-state index is 9.25. The second-order valence-corrected chi connectivity index (χ2v) is 4.52. The molecule has 2 N–H and O–H groups in total. The Bertz CT molecular complexity index is 369. The zero-order valence-electron chi connectivity index (χ0n) is 9.33. The number of benzene rings is 1. The summed E-state index contributed by atoms with van der Waals surface area (Å²) in [5.74, 6) is 0.549. The number of hydrogen-bond acceptors (Lipinski definition) is 2. The minimum atomic E-state index is -1.34. The van der Waals surface area contributed by atoms with E-state index < -0.39 is 6.29 Å². The standard InChI is InChI=1S/C13H18O2/c1-8-4-3-5-10-6-7-11(13(14)15)9(2)12(8)10/h6-8,13-15H,3-5H2,1-2H3. The van der Waals surface area contributed by atoms with Gasteiger partial charge in [0.1, 0.15) is 0 Å². The van der Waals surface area contributed by atoms with E-state index in [4.69, 9.17) is 0 Å². The molecule has 0 saturated carbocycles. The van der Waals surface area contributed by atoms with Crippen LogP contribution in [0.5, 0.6) is 0 Å². The molecule has 0 heterocycles. The molecule has 0 spiro atoms. The first-order valence-corrected chi connectivity index (χ1v) is 5.59. The number of fused-ring (bicyclic) bond motifs is 1. The Morgan fingerprint density at radius 3 is 2.73 bits per heavy atom. The summed E-state index contributed by atoms with van der Waals surface area (Å²) in [5, 5.41) is 18.5. The Kier molecular flexibility index (Phi) is 2.81. The molecule has 1 aliphatic rings. The lowest BCUT2D eigenvalue weighted by molar-refractivity contribution is -0.0430. The lowest BCUT2D eigenvalue weighted by Gasteiger charge is -2.26. The molecule has 15 heavy (non-hydrogen) atoms. The summed E-state index contributed by atoms with van der Waals surface area (Å²) in [6.45, 7) is 4.22. The third-order valence-corrected chi connectivity index (χ3v) is 3.50. The van der Waals surface area contributed by atoms with Crippen LogP contribution < -0.4 is 0 Å². The monoisotopic (exact) mass is 206 g/mol. The second-order valence-electron chi connectivity index (χ2n) is 4.52. The summed E-state index contributed by atoms with van der Waals surface area (Å²) in [6.07, 6.45) is 2.24. The molecule has 0 saturated heterocycles. The minimum Gasteiger partial charge on any atom is -0.364 e. The van der Waals surface area contributed by atoms with E-state index in [0.29, 0.717) is 11.5 Å². The molecule has 0 fully saturated rings. The van der Waals surface area contributed by atoms with Crippen LogP contribution in [-0.2, 0) is 6.42 Å². The molecule has 0 aromatic heterocycles. The molecule has 1 aromatic rings. The van der Waals surface area contributed by atoms with E-state index >= 15 is 0 Å². The van der Waals surface area contributed by atoms with Crippen LogP contribution in [0.1, 0.15) is 54.2 Å². The third-order valence-electron chi connectivity index (χ3n) is 3.50. The van der Waals surface area contributed by atoms with Crippen molar-refractivity contribution >= 4 is 0 Å². The molecule has 82 valence electrons. The Morgan fingerprint density at radius 2 is 2.07 bits per heavy atom. The maximum Gasteiger partial charge on any atom is 0.178 e. The van der Waals surface area contributed by atoms with E-state index in [1.807, 2.05) is 19.1 Å². The largest absolute Gasteiger partial charge is 0.364 e. The summed E-state index contributed by atoms with van der Waals surface area (Å²) in [5.41, 5.74) is 4.44. The highest BCUT2D eigenvalue weighted by atomic mass is 16.5. The lowest BCUT2D eigenvalue weighted by atomic mass is 9.80. The normalized spacial score (nSPS) is 20.5. The molecular formula is C13H18O2. The van der Waals surface area contributed by atoms with Crippen LogP contribution in [0.25, 0.3) is 0 Å². The summed E-state index contributed by atoms with van der Waals surface area (Å²) in [7, 11) is 0. The number of aryl methyl sites for hydroxylation is 1. The second kappa shape index (κ2) is 3.95. The molecule has 1 aliphatic carbocycles. The van der Waals surface area contributed by atoms with Crippen molar-refractivity contribution in [3.63, 3.8) is 0 Å². The fourth-order valence-corrected chi connectivity index (χ4v) is 2.73. The molecular weight excluding hydrogens is 188 g/mol. The smallest absolute Gasteiger partial charge is 0.178 e. The number of aliphatic hydroxyl groups is 2. The van der Waals surface area contributed by atoms with Gasteiger partial charge in [-0.25, -0.2) is 0 Å². The average Bonchev–Trinajstić information content (AvgIpc) is 2.17. The molecule has 2 rings (SSSR count). The Hall–Kier alpha value is -0.860. The van der Waals surface area contributed by atoms with Crippen molar-refractivity contribution in [2.45, 2.75) is 45.3 Å². The summed E-state index contributed by atoms with van der Waals surface area (Å²) in [6, 6.07) is 3.89. The third kappa shape index (κ3) is 1.80. The first-order chi connectivity index (χ1) is 7.11. The topological polar surface area (TPSA) is 40.5 Å². The van der Waals surface area contributed by atoms with Gasteiger partial charge in [-0.1, -0.05) is 19.1 Å². The predicted octanol–water partition coefficient (Wildman–Crippen LogP) is 2.42. The van der Waals surface area contributed by atoms with Crippen LogP contribution in [0.15, 0.2) is 12.1 Å². The summed E-state index contributed by atoms with van der Waals surface area (Å²) < 4.78 is 0. The molecule has 0 aliphatic heterocycles. The first-order valence-electron chi connectivity index (χ1n) is 5.59. The minimum absolute atomic E-state index is 0.549. The molecule has 2 heteroatoms. The van der Waals surface area contributed by atoms with Crippen molar-refractivity contribution in [1.82, 2.24) is 0 Å². The Balaban J connectivity index is 2.54. The average molecular weight is 206 g/mol. The van der Waals surface area contributed by atoms with Gasteiger partial charge in [-0.15, -0.1) is 0 Å². The number of aliphatic hydroxyl groups excluding tert-OH is 1. The van der Waals surface area contributed by atoms with Gasteiger partial charge in [0.15, 0.2) is 6.29 Å². The van der Waals surface area contributed by atoms with E-state index in [0.717, 1.165) is 12.0 Å². The fraction of sp³-hybridized carbons (Fsp3) is 0.538. The molecule has 1 atom stereocenters. The van der Waals surface area contributed by atoms with Gasteiger partial charge in [0.05, 0.1) is 0 Å². The molecule has 2 nitrogen and oxygen atoms in total. The molecule has 1 aromatic carbocycles. The van der Waals surface area contributed by atoms with Gasteiger partial charge in [0.2, 0.25) is 0 Å². The van der Waals surface area contributed by atoms with Crippen LogP contribution in [0.3, 0.4) is 0 Å². The Morgan fingerprint density at radius 1 is 1.33 bits per heavy atom. The molecule has 0 amide bonds. The van der Waals surface area contributed by atoms with Gasteiger partial charge in [0, 0.05) is 5.56 Å². The van der Waals surface area contributed by atoms with E-state index in [1.165, 1.54) is 24.0 Å². The predicted molar refractivity (Wildman–Crippen MR) is 59.7 cm³/mol. The van der Waals surface area contributed by atoms with E-state index in [9.17, 15) is 10.2 Å². The Labute approximate surface area is 90.6 Å². The van der Waals surface area contributed by atoms with Crippen LogP contribution in [0, 0.1) is 6.92 Å².